The maximum absolute atomic E-state index is 11.7. The predicted molar refractivity (Wildman–Crippen MR) is 45.0 cm³/mol. The molecular formula is C7H15O3P. The van der Waals surface area contributed by atoms with Crippen LogP contribution in [0.15, 0.2) is 0 Å². The normalized spacial score (nSPS) is 17.5. The van der Waals surface area contributed by atoms with E-state index in [1.165, 1.54) is 14.0 Å². The lowest BCUT2D eigenvalue weighted by molar-refractivity contribution is -0.111. The van der Waals surface area contributed by atoms with Crippen LogP contribution in [0.25, 0.3) is 0 Å². The Kier molecular flexibility index (Phi) is 3.04. The molecule has 1 atom stereocenters. The van der Waals surface area contributed by atoms with Crippen LogP contribution in [0.4, 0.5) is 0 Å². The molecule has 0 aromatic carbocycles. The van der Waals surface area contributed by atoms with Gasteiger partial charge in [0.2, 0.25) is 5.52 Å². The van der Waals surface area contributed by atoms with Crippen LogP contribution in [0, 0.1) is 0 Å². The van der Waals surface area contributed by atoms with Crippen molar-refractivity contribution in [1.82, 2.24) is 0 Å². The monoisotopic (exact) mass is 178 g/mol. The molecule has 0 N–H and O–H groups in total. The molecule has 0 aliphatic carbocycles. The molecule has 0 aromatic rings. The van der Waals surface area contributed by atoms with Crippen LogP contribution in [-0.2, 0) is 13.9 Å². The zero-order chi connectivity index (χ0) is 9.28. The van der Waals surface area contributed by atoms with Gasteiger partial charge in [0.05, 0.1) is 0 Å². The number of hydrogen-bond acceptors (Lipinski definition) is 3. The minimum Gasteiger partial charge on any atom is -0.326 e. The van der Waals surface area contributed by atoms with Crippen molar-refractivity contribution in [2.45, 2.75) is 32.9 Å². The predicted octanol–water partition coefficient (Wildman–Crippen LogP) is 2.26. The van der Waals surface area contributed by atoms with E-state index in [1.54, 1.807) is 20.8 Å². The molecule has 1 unspecified atom stereocenters. The summed E-state index contributed by atoms with van der Waals surface area (Å²) >= 11 is 0. The van der Waals surface area contributed by atoms with Gasteiger partial charge in [-0.1, -0.05) is 20.8 Å². The third kappa shape index (κ3) is 1.91. The highest BCUT2D eigenvalue weighted by Gasteiger charge is 2.41. The van der Waals surface area contributed by atoms with Gasteiger partial charge in [0.1, 0.15) is 0 Å². The first-order chi connectivity index (χ1) is 4.75. The minimum absolute atomic E-state index is 0.368. The van der Waals surface area contributed by atoms with Crippen molar-refractivity contribution in [2.75, 3.05) is 7.11 Å². The Morgan fingerprint density at radius 2 is 1.73 bits per heavy atom. The molecule has 66 valence electrons. The molecule has 0 aliphatic heterocycles. The van der Waals surface area contributed by atoms with E-state index in [9.17, 15) is 9.36 Å². The molecule has 0 radical (unpaired) electrons. The molecule has 0 rings (SSSR count). The van der Waals surface area contributed by atoms with Gasteiger partial charge in [-0.05, 0) is 0 Å². The fourth-order valence-corrected chi connectivity index (χ4v) is 2.62. The second-order valence-electron chi connectivity index (χ2n) is 3.42. The van der Waals surface area contributed by atoms with E-state index in [-0.39, 0.29) is 5.52 Å². The van der Waals surface area contributed by atoms with Crippen molar-refractivity contribution in [3.05, 3.63) is 0 Å². The highest BCUT2D eigenvalue weighted by atomic mass is 31.2. The maximum atomic E-state index is 11.7. The molecule has 0 heterocycles. The van der Waals surface area contributed by atoms with Crippen molar-refractivity contribution >= 4 is 12.9 Å². The van der Waals surface area contributed by atoms with Crippen LogP contribution in [0.5, 0.6) is 0 Å². The summed E-state index contributed by atoms with van der Waals surface area (Å²) in [6.45, 7) is 6.51. The van der Waals surface area contributed by atoms with E-state index < -0.39 is 12.5 Å². The first kappa shape index (κ1) is 10.9. The molecule has 0 amide bonds. The Labute approximate surface area is 67.6 Å². The van der Waals surface area contributed by atoms with Crippen molar-refractivity contribution < 1.29 is 13.9 Å². The molecule has 0 fully saturated rings. The topological polar surface area (TPSA) is 43.4 Å². The molecular weight excluding hydrogens is 163 g/mol. The Morgan fingerprint density at radius 3 is 1.73 bits per heavy atom. The van der Waals surface area contributed by atoms with Gasteiger partial charge in [-0.3, -0.25) is 9.36 Å². The molecule has 3 nitrogen and oxygen atoms in total. The lowest BCUT2D eigenvalue weighted by Crippen LogP contribution is -2.20. The average molecular weight is 178 g/mol. The van der Waals surface area contributed by atoms with E-state index in [2.05, 4.69) is 0 Å². The summed E-state index contributed by atoms with van der Waals surface area (Å²) < 4.78 is 16.5. The van der Waals surface area contributed by atoms with Crippen molar-refractivity contribution in [1.29, 1.82) is 0 Å². The summed E-state index contributed by atoms with van der Waals surface area (Å²) in [6.07, 6.45) is 0. The quantitative estimate of drug-likeness (QED) is 0.609. The molecule has 0 saturated heterocycles. The second-order valence-corrected chi connectivity index (χ2v) is 6.86. The highest BCUT2D eigenvalue weighted by molar-refractivity contribution is 7.77. The second kappa shape index (κ2) is 3.08. The fourth-order valence-electron chi connectivity index (χ4n) is 0.875. The molecule has 0 spiro atoms. The summed E-state index contributed by atoms with van der Waals surface area (Å²) in [5.74, 6) is 0. The molecule has 0 aliphatic rings. The largest absolute Gasteiger partial charge is 0.326 e. The number of hydrogen-bond donors (Lipinski definition) is 0. The number of carbonyl (C=O) groups is 1. The van der Waals surface area contributed by atoms with Crippen LogP contribution < -0.4 is 0 Å². The number of rotatable bonds is 2. The van der Waals surface area contributed by atoms with Gasteiger partial charge in [-0.25, -0.2) is 0 Å². The Hall–Kier alpha value is -0.140. The zero-order valence-corrected chi connectivity index (χ0v) is 8.57. The van der Waals surface area contributed by atoms with Crippen LogP contribution in [-0.4, -0.2) is 17.8 Å². The summed E-state index contributed by atoms with van der Waals surface area (Å²) in [5, 5.41) is -0.590. The Balaban J connectivity index is 4.93. The zero-order valence-electron chi connectivity index (χ0n) is 7.67. The van der Waals surface area contributed by atoms with Crippen LogP contribution >= 0.6 is 7.37 Å². The molecule has 0 bridgehead atoms. The fraction of sp³-hybridized carbons (Fsp3) is 0.857. The Morgan fingerprint density at radius 1 is 1.36 bits per heavy atom. The van der Waals surface area contributed by atoms with E-state index in [4.69, 9.17) is 4.52 Å². The van der Waals surface area contributed by atoms with Gasteiger partial charge in [0, 0.05) is 19.2 Å². The third-order valence-electron chi connectivity index (χ3n) is 1.55. The summed E-state index contributed by atoms with van der Waals surface area (Å²) in [7, 11) is -1.78. The smallest absolute Gasteiger partial charge is 0.271 e. The lowest BCUT2D eigenvalue weighted by atomic mass is 10.3. The SMILES string of the molecule is COP(=O)(C(C)=O)C(C)(C)C. The van der Waals surface area contributed by atoms with Crippen LogP contribution in [0.2, 0.25) is 0 Å². The van der Waals surface area contributed by atoms with E-state index in [1.807, 2.05) is 0 Å². The van der Waals surface area contributed by atoms with Crippen LogP contribution in [0.3, 0.4) is 0 Å². The lowest BCUT2D eigenvalue weighted by Gasteiger charge is -2.26. The van der Waals surface area contributed by atoms with Crippen molar-refractivity contribution in [3.8, 4) is 0 Å². The number of carbonyl (C=O) groups excluding carboxylic acids is 1. The molecule has 0 saturated carbocycles. The van der Waals surface area contributed by atoms with Gasteiger partial charge in [-0.15, -0.1) is 0 Å². The summed E-state index contributed by atoms with van der Waals surface area (Å²) in [6, 6.07) is 0. The molecule has 4 heteroatoms. The Bertz CT molecular complexity index is 202. The average Bonchev–Trinajstić information content (AvgIpc) is 1.83. The van der Waals surface area contributed by atoms with E-state index in [0.717, 1.165) is 0 Å². The van der Waals surface area contributed by atoms with Gasteiger partial charge in [0.15, 0.2) is 0 Å². The van der Waals surface area contributed by atoms with Gasteiger partial charge in [0.25, 0.3) is 7.37 Å². The highest BCUT2D eigenvalue weighted by Crippen LogP contribution is 2.58. The summed E-state index contributed by atoms with van der Waals surface area (Å²) in [4.78, 5) is 11.0. The van der Waals surface area contributed by atoms with Crippen molar-refractivity contribution in [3.63, 3.8) is 0 Å². The standard InChI is InChI=1S/C7H15O3P/c1-6(8)11(9,10-5)7(2,3)4/h1-5H3. The summed E-state index contributed by atoms with van der Waals surface area (Å²) in [5.41, 5.74) is -0.368. The van der Waals surface area contributed by atoms with E-state index in [0.29, 0.717) is 0 Å². The van der Waals surface area contributed by atoms with E-state index >= 15 is 0 Å². The van der Waals surface area contributed by atoms with Gasteiger partial charge >= 0.3 is 0 Å². The molecule has 0 aromatic heterocycles. The third-order valence-corrected chi connectivity index (χ3v) is 4.66. The maximum Gasteiger partial charge on any atom is 0.271 e. The van der Waals surface area contributed by atoms with Crippen molar-refractivity contribution in [2.24, 2.45) is 0 Å². The first-order valence-corrected chi connectivity index (χ1v) is 5.05. The minimum atomic E-state index is -3.09. The van der Waals surface area contributed by atoms with Gasteiger partial charge < -0.3 is 4.52 Å². The van der Waals surface area contributed by atoms with Gasteiger partial charge in [-0.2, -0.15) is 0 Å². The molecule has 11 heavy (non-hydrogen) atoms. The first-order valence-electron chi connectivity index (χ1n) is 3.42. The van der Waals surface area contributed by atoms with Crippen LogP contribution in [0.1, 0.15) is 27.7 Å².